The van der Waals surface area contributed by atoms with E-state index in [9.17, 15) is 0 Å². The summed E-state index contributed by atoms with van der Waals surface area (Å²) in [6, 6.07) is 5.87. The highest BCUT2D eigenvalue weighted by atomic mass is 14.7. The van der Waals surface area contributed by atoms with Crippen molar-refractivity contribution < 1.29 is 0 Å². The predicted octanol–water partition coefficient (Wildman–Crippen LogP) is 2.28. The molecule has 13 heavy (non-hydrogen) atoms. The van der Waals surface area contributed by atoms with Gasteiger partial charge in [-0.3, -0.25) is 0 Å². The first-order valence-corrected chi connectivity index (χ1v) is 4.59. The molecule has 1 aromatic rings. The number of nitrogens with two attached hydrogens (primary N) is 2. The van der Waals surface area contributed by atoms with Crippen LogP contribution in [-0.4, -0.2) is 0 Å². The second kappa shape index (κ2) is 3.13. The molecular formula is C11H14N2. The zero-order chi connectivity index (χ0) is 9.26. The molecule has 0 amide bonds. The van der Waals surface area contributed by atoms with Gasteiger partial charge in [-0.15, -0.1) is 0 Å². The number of para-hydroxylation sites is 1. The van der Waals surface area contributed by atoms with Crippen LogP contribution in [0, 0.1) is 0 Å². The van der Waals surface area contributed by atoms with E-state index in [1.165, 1.54) is 5.56 Å². The van der Waals surface area contributed by atoms with Crippen molar-refractivity contribution in [3.05, 3.63) is 35.9 Å². The molecule has 0 saturated carbocycles. The third kappa shape index (κ3) is 1.39. The van der Waals surface area contributed by atoms with Crippen molar-refractivity contribution in [1.82, 2.24) is 0 Å². The Balaban J connectivity index is 2.39. The molecule has 0 fully saturated rings. The van der Waals surface area contributed by atoms with Gasteiger partial charge in [-0.1, -0.05) is 24.3 Å². The highest BCUT2D eigenvalue weighted by Gasteiger charge is 2.14. The maximum absolute atomic E-state index is 5.90. The lowest BCUT2D eigenvalue weighted by Gasteiger charge is -2.12. The van der Waals surface area contributed by atoms with Gasteiger partial charge in [0.2, 0.25) is 0 Å². The van der Waals surface area contributed by atoms with Crippen LogP contribution in [0.5, 0.6) is 0 Å². The number of anilines is 2. The first-order valence-electron chi connectivity index (χ1n) is 4.59. The number of rotatable bonds is 1. The number of nitrogen functional groups attached to an aromatic ring is 2. The minimum Gasteiger partial charge on any atom is -0.397 e. The van der Waals surface area contributed by atoms with Crippen LogP contribution in [0.2, 0.25) is 0 Å². The standard InChI is InChI=1S/C11H14N2/c12-10-7-3-6-9(11(10)13)8-4-1-2-5-8/h1,3-4,6-8H,2,5,12-13H2/t8-/m1/s1. The van der Waals surface area contributed by atoms with E-state index in [1.807, 2.05) is 12.1 Å². The van der Waals surface area contributed by atoms with Crippen LogP contribution in [0.25, 0.3) is 0 Å². The Morgan fingerprint density at radius 3 is 2.77 bits per heavy atom. The molecule has 2 nitrogen and oxygen atoms in total. The fourth-order valence-corrected chi connectivity index (χ4v) is 1.82. The molecule has 68 valence electrons. The van der Waals surface area contributed by atoms with E-state index < -0.39 is 0 Å². The quantitative estimate of drug-likeness (QED) is 0.507. The van der Waals surface area contributed by atoms with Crippen LogP contribution in [0.3, 0.4) is 0 Å². The number of hydrogen-bond donors (Lipinski definition) is 2. The number of allylic oxidation sites excluding steroid dienone is 2. The second-order valence-electron chi connectivity index (χ2n) is 3.46. The van der Waals surface area contributed by atoms with E-state index in [4.69, 9.17) is 11.5 Å². The lowest BCUT2D eigenvalue weighted by molar-refractivity contribution is 0.803. The van der Waals surface area contributed by atoms with Gasteiger partial charge in [0, 0.05) is 5.92 Å². The zero-order valence-corrected chi connectivity index (χ0v) is 7.53. The largest absolute Gasteiger partial charge is 0.397 e. The number of hydrogen-bond acceptors (Lipinski definition) is 2. The van der Waals surface area contributed by atoms with Crippen LogP contribution in [0.4, 0.5) is 11.4 Å². The summed E-state index contributed by atoms with van der Waals surface area (Å²) in [5.41, 5.74) is 14.3. The minimum atomic E-state index is 0.475. The monoisotopic (exact) mass is 174 g/mol. The van der Waals surface area contributed by atoms with Crippen LogP contribution in [-0.2, 0) is 0 Å². The summed E-state index contributed by atoms with van der Waals surface area (Å²) in [7, 11) is 0. The van der Waals surface area contributed by atoms with Gasteiger partial charge < -0.3 is 11.5 Å². The summed E-state index contributed by atoms with van der Waals surface area (Å²) in [4.78, 5) is 0. The van der Waals surface area contributed by atoms with E-state index in [0.717, 1.165) is 18.5 Å². The molecule has 0 unspecified atom stereocenters. The molecule has 2 rings (SSSR count). The van der Waals surface area contributed by atoms with Gasteiger partial charge >= 0.3 is 0 Å². The molecule has 1 aliphatic rings. The van der Waals surface area contributed by atoms with Gasteiger partial charge in [-0.25, -0.2) is 0 Å². The summed E-state index contributed by atoms with van der Waals surface area (Å²) in [5.74, 6) is 0.475. The van der Waals surface area contributed by atoms with Crippen molar-refractivity contribution in [2.24, 2.45) is 0 Å². The smallest absolute Gasteiger partial charge is 0.0586 e. The fourth-order valence-electron chi connectivity index (χ4n) is 1.82. The van der Waals surface area contributed by atoms with E-state index in [-0.39, 0.29) is 0 Å². The Bertz CT molecular complexity index is 342. The van der Waals surface area contributed by atoms with Gasteiger partial charge in [0.25, 0.3) is 0 Å². The van der Waals surface area contributed by atoms with Crippen molar-refractivity contribution in [2.75, 3.05) is 11.5 Å². The molecule has 4 N–H and O–H groups in total. The molecule has 1 atom stereocenters. The van der Waals surface area contributed by atoms with E-state index in [1.54, 1.807) is 0 Å². The predicted molar refractivity (Wildman–Crippen MR) is 56.4 cm³/mol. The Morgan fingerprint density at radius 2 is 2.08 bits per heavy atom. The van der Waals surface area contributed by atoms with Crippen LogP contribution < -0.4 is 11.5 Å². The normalized spacial score (nSPS) is 20.8. The molecule has 0 aromatic heterocycles. The molecule has 1 aromatic carbocycles. The molecule has 0 bridgehead atoms. The molecule has 0 aliphatic heterocycles. The average Bonchev–Trinajstić information content (AvgIpc) is 2.62. The molecule has 0 heterocycles. The van der Waals surface area contributed by atoms with E-state index in [2.05, 4.69) is 18.2 Å². The fraction of sp³-hybridized carbons (Fsp3) is 0.273. The van der Waals surface area contributed by atoms with Crippen molar-refractivity contribution >= 4 is 11.4 Å². The summed E-state index contributed by atoms with van der Waals surface area (Å²) in [6.07, 6.45) is 6.73. The van der Waals surface area contributed by atoms with Crippen molar-refractivity contribution in [1.29, 1.82) is 0 Å². The third-order valence-corrected chi connectivity index (χ3v) is 2.59. The van der Waals surface area contributed by atoms with Crippen molar-refractivity contribution in [3.63, 3.8) is 0 Å². The Hall–Kier alpha value is -1.44. The summed E-state index contributed by atoms with van der Waals surface area (Å²) in [5, 5.41) is 0. The molecule has 0 radical (unpaired) electrons. The highest BCUT2D eigenvalue weighted by molar-refractivity contribution is 5.68. The first-order chi connectivity index (χ1) is 6.29. The number of benzene rings is 1. The van der Waals surface area contributed by atoms with Crippen molar-refractivity contribution in [3.8, 4) is 0 Å². The van der Waals surface area contributed by atoms with Crippen LogP contribution in [0.15, 0.2) is 30.4 Å². The van der Waals surface area contributed by atoms with Gasteiger partial charge in [0.1, 0.15) is 0 Å². The minimum absolute atomic E-state index is 0.475. The molecule has 0 spiro atoms. The SMILES string of the molecule is Nc1cccc([C@@H]2C=CCC2)c1N. The lowest BCUT2D eigenvalue weighted by Crippen LogP contribution is -2.02. The summed E-state index contributed by atoms with van der Waals surface area (Å²) < 4.78 is 0. The van der Waals surface area contributed by atoms with E-state index >= 15 is 0 Å². The molecule has 0 saturated heterocycles. The van der Waals surface area contributed by atoms with Gasteiger partial charge in [-0.05, 0) is 24.5 Å². The summed E-state index contributed by atoms with van der Waals surface area (Å²) >= 11 is 0. The lowest BCUT2D eigenvalue weighted by atomic mass is 9.96. The average molecular weight is 174 g/mol. The van der Waals surface area contributed by atoms with Crippen LogP contribution >= 0.6 is 0 Å². The topological polar surface area (TPSA) is 52.0 Å². The summed E-state index contributed by atoms with van der Waals surface area (Å²) in [6.45, 7) is 0. The molecule has 1 aliphatic carbocycles. The maximum Gasteiger partial charge on any atom is 0.0586 e. The van der Waals surface area contributed by atoms with Gasteiger partial charge in [0.15, 0.2) is 0 Å². The Morgan fingerprint density at radius 1 is 1.23 bits per heavy atom. The Labute approximate surface area is 78.2 Å². The third-order valence-electron chi connectivity index (χ3n) is 2.59. The zero-order valence-electron chi connectivity index (χ0n) is 7.53. The van der Waals surface area contributed by atoms with E-state index in [0.29, 0.717) is 11.6 Å². The molecular weight excluding hydrogens is 160 g/mol. The highest BCUT2D eigenvalue weighted by Crippen LogP contribution is 2.34. The molecule has 2 heteroatoms. The second-order valence-corrected chi connectivity index (χ2v) is 3.46. The maximum atomic E-state index is 5.90. The van der Waals surface area contributed by atoms with Crippen molar-refractivity contribution in [2.45, 2.75) is 18.8 Å². The van der Waals surface area contributed by atoms with Gasteiger partial charge in [0.05, 0.1) is 11.4 Å². The first kappa shape index (κ1) is 8.17. The van der Waals surface area contributed by atoms with Gasteiger partial charge in [-0.2, -0.15) is 0 Å². The Kier molecular flexibility index (Phi) is 1.97. The van der Waals surface area contributed by atoms with Crippen LogP contribution in [0.1, 0.15) is 24.3 Å².